The monoisotopic (exact) mass is 259 g/mol. The third kappa shape index (κ3) is 2.14. The van der Waals surface area contributed by atoms with E-state index in [1.807, 2.05) is 19.1 Å². The van der Waals surface area contributed by atoms with Crippen molar-refractivity contribution in [3.05, 3.63) is 23.9 Å². The third-order valence-corrected chi connectivity index (χ3v) is 3.10. The highest BCUT2D eigenvalue weighted by Crippen LogP contribution is 2.13. The summed E-state index contributed by atoms with van der Waals surface area (Å²) in [4.78, 5) is 27.0. The zero-order valence-corrected chi connectivity index (χ0v) is 10.4. The van der Waals surface area contributed by atoms with Crippen LogP contribution in [0.2, 0.25) is 0 Å². The number of carbonyl (C=O) groups is 2. The number of aryl methyl sites for hydroxylation is 1. The van der Waals surface area contributed by atoms with Crippen molar-refractivity contribution < 1.29 is 9.59 Å². The Labute approximate surface area is 109 Å². The van der Waals surface area contributed by atoms with Gasteiger partial charge in [-0.1, -0.05) is 6.07 Å². The molecule has 0 radical (unpaired) electrons. The van der Waals surface area contributed by atoms with Crippen molar-refractivity contribution in [2.45, 2.75) is 25.8 Å². The molecule has 1 unspecified atom stereocenters. The van der Waals surface area contributed by atoms with Crippen LogP contribution in [0.25, 0.3) is 5.65 Å². The maximum absolute atomic E-state index is 11.6. The van der Waals surface area contributed by atoms with Crippen LogP contribution in [0.1, 0.15) is 18.4 Å². The van der Waals surface area contributed by atoms with Gasteiger partial charge in [0.2, 0.25) is 17.8 Å². The number of hydrogen-bond donors (Lipinski definition) is 2. The number of imide groups is 1. The minimum atomic E-state index is -0.463. The lowest BCUT2D eigenvalue weighted by Gasteiger charge is -2.20. The lowest BCUT2D eigenvalue weighted by molar-refractivity contribution is -0.133. The number of amides is 2. The SMILES string of the molecule is Cc1cccn2nc(NC3CCC(=O)NC3=O)nc12. The van der Waals surface area contributed by atoms with E-state index in [-0.39, 0.29) is 11.8 Å². The molecule has 0 bridgehead atoms. The molecule has 1 aliphatic heterocycles. The van der Waals surface area contributed by atoms with Gasteiger partial charge in [0.05, 0.1) is 0 Å². The second-order valence-corrected chi connectivity index (χ2v) is 4.54. The summed E-state index contributed by atoms with van der Waals surface area (Å²) < 4.78 is 1.66. The lowest BCUT2D eigenvalue weighted by atomic mass is 10.1. The van der Waals surface area contributed by atoms with E-state index in [0.717, 1.165) is 11.2 Å². The Balaban J connectivity index is 1.83. The van der Waals surface area contributed by atoms with Crippen LogP contribution in [0.5, 0.6) is 0 Å². The van der Waals surface area contributed by atoms with Crippen molar-refractivity contribution in [2.75, 3.05) is 5.32 Å². The predicted octanol–water partition coefficient (Wildman–Crippen LogP) is 0.255. The fourth-order valence-corrected chi connectivity index (χ4v) is 2.09. The fraction of sp³-hybridized carbons (Fsp3) is 0.333. The number of anilines is 1. The lowest BCUT2D eigenvalue weighted by Crippen LogP contribution is -2.47. The van der Waals surface area contributed by atoms with Crippen LogP contribution < -0.4 is 10.6 Å². The predicted molar refractivity (Wildman–Crippen MR) is 67.5 cm³/mol. The van der Waals surface area contributed by atoms with E-state index < -0.39 is 6.04 Å². The number of rotatable bonds is 2. The molecule has 1 saturated heterocycles. The van der Waals surface area contributed by atoms with E-state index in [0.29, 0.717) is 18.8 Å². The summed E-state index contributed by atoms with van der Waals surface area (Å²) in [5.41, 5.74) is 1.75. The number of piperidine rings is 1. The molecule has 0 saturated carbocycles. The van der Waals surface area contributed by atoms with Crippen LogP contribution in [0.4, 0.5) is 5.95 Å². The zero-order valence-electron chi connectivity index (χ0n) is 10.4. The fourth-order valence-electron chi connectivity index (χ4n) is 2.09. The van der Waals surface area contributed by atoms with Gasteiger partial charge >= 0.3 is 0 Å². The molecule has 1 atom stereocenters. The Kier molecular flexibility index (Phi) is 2.66. The summed E-state index contributed by atoms with van der Waals surface area (Å²) in [6.07, 6.45) is 2.58. The Morgan fingerprint density at radius 1 is 1.47 bits per heavy atom. The Hall–Kier alpha value is -2.44. The Morgan fingerprint density at radius 3 is 3.05 bits per heavy atom. The van der Waals surface area contributed by atoms with Crippen LogP contribution >= 0.6 is 0 Å². The number of pyridine rings is 1. The Morgan fingerprint density at radius 2 is 2.32 bits per heavy atom. The molecule has 2 N–H and O–H groups in total. The normalized spacial score (nSPS) is 19.5. The summed E-state index contributed by atoms with van der Waals surface area (Å²) in [6.45, 7) is 1.94. The van der Waals surface area contributed by atoms with Crippen LogP contribution in [0.3, 0.4) is 0 Å². The minimum absolute atomic E-state index is 0.234. The van der Waals surface area contributed by atoms with Crippen LogP contribution in [-0.2, 0) is 9.59 Å². The van der Waals surface area contributed by atoms with Crippen LogP contribution in [0.15, 0.2) is 18.3 Å². The molecule has 0 aromatic carbocycles. The largest absolute Gasteiger partial charge is 0.341 e. The van der Waals surface area contributed by atoms with Gasteiger partial charge in [0.15, 0.2) is 5.65 Å². The van der Waals surface area contributed by atoms with E-state index >= 15 is 0 Å². The molecule has 2 aromatic heterocycles. The van der Waals surface area contributed by atoms with Gasteiger partial charge < -0.3 is 5.32 Å². The van der Waals surface area contributed by atoms with Gasteiger partial charge in [-0.05, 0) is 25.0 Å². The molecule has 2 aromatic rings. The Bertz CT molecular complexity index is 663. The number of fused-ring (bicyclic) bond motifs is 1. The number of nitrogens with zero attached hydrogens (tertiary/aromatic N) is 3. The molecule has 0 spiro atoms. The first-order valence-electron chi connectivity index (χ1n) is 6.06. The van der Waals surface area contributed by atoms with Crippen molar-refractivity contribution in [3.63, 3.8) is 0 Å². The van der Waals surface area contributed by atoms with Crippen molar-refractivity contribution >= 4 is 23.4 Å². The summed E-state index contributed by atoms with van der Waals surface area (Å²) in [5, 5.41) is 9.50. The van der Waals surface area contributed by atoms with Gasteiger partial charge in [-0.3, -0.25) is 14.9 Å². The number of nitrogens with one attached hydrogen (secondary N) is 2. The first-order valence-corrected chi connectivity index (χ1v) is 6.06. The molecule has 0 aliphatic carbocycles. The second-order valence-electron chi connectivity index (χ2n) is 4.54. The molecule has 2 amide bonds. The van der Waals surface area contributed by atoms with E-state index in [9.17, 15) is 9.59 Å². The summed E-state index contributed by atoms with van der Waals surface area (Å²) in [5.74, 6) is -0.169. The smallest absolute Gasteiger partial charge is 0.249 e. The van der Waals surface area contributed by atoms with E-state index in [2.05, 4.69) is 20.7 Å². The van der Waals surface area contributed by atoms with Crippen LogP contribution in [0, 0.1) is 6.92 Å². The maximum atomic E-state index is 11.6. The summed E-state index contributed by atoms with van der Waals surface area (Å²) in [6, 6.07) is 3.36. The van der Waals surface area contributed by atoms with Crippen molar-refractivity contribution in [1.29, 1.82) is 0 Å². The molecule has 7 nitrogen and oxygen atoms in total. The van der Waals surface area contributed by atoms with Gasteiger partial charge in [0, 0.05) is 12.6 Å². The molecule has 1 fully saturated rings. The third-order valence-electron chi connectivity index (χ3n) is 3.10. The average Bonchev–Trinajstić information content (AvgIpc) is 2.77. The van der Waals surface area contributed by atoms with Crippen LogP contribution in [-0.4, -0.2) is 32.5 Å². The van der Waals surface area contributed by atoms with E-state index in [4.69, 9.17) is 0 Å². The van der Waals surface area contributed by atoms with Crippen molar-refractivity contribution in [1.82, 2.24) is 19.9 Å². The molecule has 3 heterocycles. The minimum Gasteiger partial charge on any atom is -0.341 e. The van der Waals surface area contributed by atoms with E-state index in [1.54, 1.807) is 10.7 Å². The first-order chi connectivity index (χ1) is 9.13. The molecule has 3 rings (SSSR count). The van der Waals surface area contributed by atoms with Gasteiger partial charge in [-0.25, -0.2) is 4.52 Å². The molecule has 1 aliphatic rings. The van der Waals surface area contributed by atoms with E-state index in [1.165, 1.54) is 0 Å². The quantitative estimate of drug-likeness (QED) is 0.755. The number of aromatic nitrogens is 3. The summed E-state index contributed by atoms with van der Waals surface area (Å²) in [7, 11) is 0. The second kappa shape index (κ2) is 4.34. The zero-order chi connectivity index (χ0) is 13.4. The molecule has 98 valence electrons. The highest BCUT2D eigenvalue weighted by Gasteiger charge is 2.27. The van der Waals surface area contributed by atoms with Gasteiger partial charge in [0.25, 0.3) is 0 Å². The number of hydrogen-bond acceptors (Lipinski definition) is 5. The first kappa shape index (κ1) is 11.6. The van der Waals surface area contributed by atoms with Crippen molar-refractivity contribution in [3.8, 4) is 0 Å². The average molecular weight is 259 g/mol. The highest BCUT2D eigenvalue weighted by atomic mass is 16.2. The van der Waals surface area contributed by atoms with Crippen molar-refractivity contribution in [2.24, 2.45) is 0 Å². The highest BCUT2D eigenvalue weighted by molar-refractivity contribution is 6.01. The maximum Gasteiger partial charge on any atom is 0.249 e. The molecular weight excluding hydrogens is 246 g/mol. The standard InChI is InChI=1S/C12H13N5O2/c1-7-3-2-6-17-10(7)15-12(16-17)13-8-4-5-9(18)14-11(8)19/h2-3,6,8H,4-5H2,1H3,(H,13,16)(H,14,18,19). The number of carbonyl (C=O) groups excluding carboxylic acids is 2. The topological polar surface area (TPSA) is 88.4 Å². The van der Waals surface area contributed by atoms with Gasteiger partial charge in [-0.2, -0.15) is 4.98 Å². The molecule has 19 heavy (non-hydrogen) atoms. The van der Waals surface area contributed by atoms with Gasteiger partial charge in [0.1, 0.15) is 6.04 Å². The molecule has 7 heteroatoms. The van der Waals surface area contributed by atoms with Gasteiger partial charge in [-0.15, -0.1) is 5.10 Å². The molecular formula is C12H13N5O2. The summed E-state index contributed by atoms with van der Waals surface area (Å²) >= 11 is 0.